The van der Waals surface area contributed by atoms with Crippen molar-refractivity contribution < 1.29 is 9.59 Å². The Kier molecular flexibility index (Phi) is 19.0. The van der Waals surface area contributed by atoms with Crippen molar-refractivity contribution in [3.05, 3.63) is 0 Å². The molecule has 0 saturated carbocycles. The van der Waals surface area contributed by atoms with E-state index in [1.807, 2.05) is 41.5 Å². The molecule has 0 aromatic rings. The number of likely N-dealkylation sites (N-methyl/N-ethyl adjacent to an activating group) is 1. The normalized spacial score (nSPS) is 10.4. The summed E-state index contributed by atoms with van der Waals surface area (Å²) in [5.41, 5.74) is 0. The summed E-state index contributed by atoms with van der Waals surface area (Å²) in [7, 11) is 1.73. The Bertz CT molecular complexity index is 192. The summed E-state index contributed by atoms with van der Waals surface area (Å²) in [6, 6.07) is -0.223. The van der Waals surface area contributed by atoms with Crippen molar-refractivity contribution in [2.24, 2.45) is 5.92 Å². The van der Waals surface area contributed by atoms with Gasteiger partial charge in [-0.15, -0.1) is 0 Å². The van der Waals surface area contributed by atoms with Gasteiger partial charge in [-0.2, -0.15) is 0 Å². The zero-order valence-corrected chi connectivity index (χ0v) is 12.7. The van der Waals surface area contributed by atoms with Gasteiger partial charge >= 0.3 is 0 Å². The van der Waals surface area contributed by atoms with Crippen molar-refractivity contribution in [1.29, 1.82) is 0 Å². The second kappa shape index (κ2) is 15.1. The van der Waals surface area contributed by atoms with Crippen molar-refractivity contribution in [3.63, 3.8) is 0 Å². The van der Waals surface area contributed by atoms with Gasteiger partial charge in [-0.3, -0.25) is 9.59 Å². The summed E-state index contributed by atoms with van der Waals surface area (Å²) in [4.78, 5) is 22.0. The molecule has 4 heteroatoms. The third-order valence-electron chi connectivity index (χ3n) is 1.77. The molecule has 0 radical (unpaired) electrons. The van der Waals surface area contributed by atoms with Crippen molar-refractivity contribution in [2.75, 3.05) is 13.6 Å². The predicted molar refractivity (Wildman–Crippen MR) is 74.1 cm³/mol. The van der Waals surface area contributed by atoms with Crippen LogP contribution in [0.1, 0.15) is 48.5 Å². The summed E-state index contributed by atoms with van der Waals surface area (Å²) >= 11 is 0. The SMILES string of the molecule is CC.CC.CN[C@H](C(=O)NCC(C)=O)C(C)C. The molecule has 0 fully saturated rings. The minimum Gasteiger partial charge on any atom is -0.348 e. The van der Waals surface area contributed by atoms with Gasteiger partial charge in [0.25, 0.3) is 0 Å². The van der Waals surface area contributed by atoms with E-state index in [-0.39, 0.29) is 30.2 Å². The lowest BCUT2D eigenvalue weighted by Gasteiger charge is -2.18. The van der Waals surface area contributed by atoms with Crippen LogP contribution in [0, 0.1) is 5.92 Å². The number of hydrogen-bond donors (Lipinski definition) is 2. The summed E-state index contributed by atoms with van der Waals surface area (Å²) in [6.07, 6.45) is 0. The highest BCUT2D eigenvalue weighted by atomic mass is 16.2. The molecule has 1 amide bonds. The average molecular weight is 246 g/mol. The number of hydrogen-bond acceptors (Lipinski definition) is 3. The molecule has 17 heavy (non-hydrogen) atoms. The Balaban J connectivity index is -0.000000439. The predicted octanol–water partition coefficient (Wildman–Crippen LogP) is 1.99. The number of nitrogens with one attached hydrogen (secondary N) is 2. The van der Waals surface area contributed by atoms with E-state index < -0.39 is 0 Å². The molecule has 0 heterocycles. The molecule has 0 aromatic carbocycles. The fourth-order valence-corrected chi connectivity index (χ4v) is 1.09. The van der Waals surface area contributed by atoms with Gasteiger partial charge in [0, 0.05) is 0 Å². The molecule has 0 saturated heterocycles. The van der Waals surface area contributed by atoms with Crippen LogP contribution in [0.5, 0.6) is 0 Å². The van der Waals surface area contributed by atoms with E-state index in [2.05, 4.69) is 10.6 Å². The molecule has 0 spiro atoms. The van der Waals surface area contributed by atoms with Crippen molar-refractivity contribution in [2.45, 2.75) is 54.5 Å². The summed E-state index contributed by atoms with van der Waals surface area (Å²) < 4.78 is 0. The van der Waals surface area contributed by atoms with Gasteiger partial charge in [0.2, 0.25) is 5.91 Å². The fourth-order valence-electron chi connectivity index (χ4n) is 1.09. The molecular weight excluding hydrogens is 216 g/mol. The van der Waals surface area contributed by atoms with E-state index in [1.165, 1.54) is 6.92 Å². The van der Waals surface area contributed by atoms with Gasteiger partial charge in [0.15, 0.2) is 0 Å². The van der Waals surface area contributed by atoms with Crippen molar-refractivity contribution >= 4 is 11.7 Å². The number of rotatable bonds is 5. The smallest absolute Gasteiger partial charge is 0.237 e. The van der Waals surface area contributed by atoms with Crippen LogP contribution in [0.3, 0.4) is 0 Å². The Morgan fingerprint density at radius 1 is 1.06 bits per heavy atom. The maximum Gasteiger partial charge on any atom is 0.237 e. The highest BCUT2D eigenvalue weighted by molar-refractivity contribution is 5.87. The molecule has 0 aliphatic rings. The lowest BCUT2D eigenvalue weighted by Crippen LogP contribution is -2.46. The van der Waals surface area contributed by atoms with E-state index in [0.717, 1.165) is 0 Å². The zero-order chi connectivity index (χ0) is 14.4. The van der Waals surface area contributed by atoms with Crippen LogP contribution in [-0.2, 0) is 9.59 Å². The monoisotopic (exact) mass is 246 g/mol. The topological polar surface area (TPSA) is 58.2 Å². The number of ketones is 1. The van der Waals surface area contributed by atoms with Crippen LogP contribution in [-0.4, -0.2) is 31.3 Å². The number of carbonyl (C=O) groups excluding carboxylic acids is 2. The molecule has 0 aromatic heterocycles. The third-order valence-corrected chi connectivity index (χ3v) is 1.77. The molecule has 0 aliphatic heterocycles. The lowest BCUT2D eigenvalue weighted by molar-refractivity contribution is -0.126. The van der Waals surface area contributed by atoms with Crippen molar-refractivity contribution in [3.8, 4) is 0 Å². The summed E-state index contributed by atoms with van der Waals surface area (Å²) in [5, 5.41) is 5.47. The Morgan fingerprint density at radius 3 is 1.71 bits per heavy atom. The van der Waals surface area contributed by atoms with Gasteiger partial charge < -0.3 is 10.6 Å². The van der Waals surface area contributed by atoms with Gasteiger partial charge in [-0.25, -0.2) is 0 Å². The van der Waals surface area contributed by atoms with Crippen molar-refractivity contribution in [1.82, 2.24) is 10.6 Å². The second-order valence-corrected chi connectivity index (χ2v) is 3.43. The molecule has 0 aliphatic carbocycles. The Hall–Kier alpha value is -0.900. The summed E-state index contributed by atoms with van der Waals surface area (Å²) in [6.45, 7) is 13.5. The first kappa shape index (κ1) is 21.4. The van der Waals surface area contributed by atoms with E-state index >= 15 is 0 Å². The number of amides is 1. The minimum atomic E-state index is -0.223. The van der Waals surface area contributed by atoms with E-state index in [0.29, 0.717) is 0 Å². The standard InChI is InChI=1S/C9H18N2O2.2C2H6/c1-6(2)8(10-4)9(13)11-5-7(3)12;2*1-2/h6,8,10H,5H2,1-4H3,(H,11,13);2*1-2H3/t8-;;/m0../s1. The molecule has 1 atom stereocenters. The highest BCUT2D eigenvalue weighted by Crippen LogP contribution is 2.00. The van der Waals surface area contributed by atoms with E-state index in [9.17, 15) is 9.59 Å². The van der Waals surface area contributed by atoms with E-state index in [1.54, 1.807) is 7.05 Å². The third kappa shape index (κ3) is 13.0. The van der Waals surface area contributed by atoms with Crippen LogP contribution in [0.25, 0.3) is 0 Å². The van der Waals surface area contributed by atoms with Crippen LogP contribution in [0.2, 0.25) is 0 Å². The average Bonchev–Trinajstić information content (AvgIpc) is 2.32. The maximum atomic E-state index is 11.4. The van der Waals surface area contributed by atoms with Gasteiger partial charge in [-0.1, -0.05) is 41.5 Å². The fraction of sp³-hybridized carbons (Fsp3) is 0.846. The lowest BCUT2D eigenvalue weighted by atomic mass is 10.0. The molecule has 0 bridgehead atoms. The largest absolute Gasteiger partial charge is 0.348 e. The minimum absolute atomic E-state index is 0.0352. The molecule has 2 N–H and O–H groups in total. The van der Waals surface area contributed by atoms with Crippen LogP contribution < -0.4 is 10.6 Å². The molecule has 4 nitrogen and oxygen atoms in total. The highest BCUT2D eigenvalue weighted by Gasteiger charge is 2.19. The van der Waals surface area contributed by atoms with Gasteiger partial charge in [0.1, 0.15) is 5.78 Å². The van der Waals surface area contributed by atoms with Crippen LogP contribution >= 0.6 is 0 Å². The molecule has 0 rings (SSSR count). The van der Waals surface area contributed by atoms with Gasteiger partial charge in [-0.05, 0) is 19.9 Å². The first-order valence-corrected chi connectivity index (χ1v) is 6.43. The molecule has 104 valence electrons. The van der Waals surface area contributed by atoms with Gasteiger partial charge in [0.05, 0.1) is 12.6 Å². The first-order chi connectivity index (χ1) is 7.99. The first-order valence-electron chi connectivity index (χ1n) is 6.43. The quantitative estimate of drug-likeness (QED) is 0.780. The zero-order valence-electron chi connectivity index (χ0n) is 12.7. The van der Waals surface area contributed by atoms with E-state index in [4.69, 9.17) is 0 Å². The number of Topliss-reactive ketones (excluding diaryl/α,β-unsaturated/α-hetero) is 1. The molecular formula is C13H30N2O2. The summed E-state index contributed by atoms with van der Waals surface area (Å²) in [5.74, 6) is 0.0663. The van der Waals surface area contributed by atoms with Crippen LogP contribution in [0.4, 0.5) is 0 Å². The maximum absolute atomic E-state index is 11.4. The van der Waals surface area contributed by atoms with Crippen LogP contribution in [0.15, 0.2) is 0 Å². The Labute approximate surface area is 107 Å². The Morgan fingerprint density at radius 2 is 1.47 bits per heavy atom. The number of carbonyl (C=O) groups is 2. The molecule has 0 unspecified atom stereocenters. The second-order valence-electron chi connectivity index (χ2n) is 3.43.